The number of methoxy groups -OCH3 is 1. The normalized spacial score (nSPS) is 19.3. The summed E-state index contributed by atoms with van der Waals surface area (Å²) < 4.78 is 4.65. The van der Waals surface area contributed by atoms with Crippen LogP contribution in [-0.4, -0.2) is 37.6 Å². The van der Waals surface area contributed by atoms with Gasteiger partial charge in [-0.3, -0.25) is 9.69 Å². The number of hydrogen-bond donors (Lipinski definition) is 0. The highest BCUT2D eigenvalue weighted by Gasteiger charge is 2.27. The molecule has 12 heavy (non-hydrogen) atoms. The summed E-state index contributed by atoms with van der Waals surface area (Å²) >= 11 is 0. The number of ether oxygens (including phenoxy) is 1. The summed E-state index contributed by atoms with van der Waals surface area (Å²) in [6.07, 6.45) is 2.64. The fourth-order valence-corrected chi connectivity index (χ4v) is 1.22. The minimum atomic E-state index is -0.141. The lowest BCUT2D eigenvalue weighted by Gasteiger charge is -2.21. The van der Waals surface area contributed by atoms with Gasteiger partial charge in [0.15, 0.2) is 0 Å². The second-order valence-electron chi connectivity index (χ2n) is 3.58. The maximum absolute atomic E-state index is 11.1. The lowest BCUT2D eigenvalue weighted by molar-refractivity contribution is -0.145. The summed E-state index contributed by atoms with van der Waals surface area (Å²) in [5, 5.41) is 0. The van der Waals surface area contributed by atoms with Crippen LogP contribution in [0, 0.1) is 5.92 Å². The molecule has 0 radical (unpaired) electrons. The molecule has 0 amide bonds. The number of nitrogens with zero attached hydrogens (tertiary/aromatic N) is 1. The van der Waals surface area contributed by atoms with Crippen LogP contribution in [0.5, 0.6) is 0 Å². The first-order valence-corrected chi connectivity index (χ1v) is 4.43. The maximum Gasteiger partial charge on any atom is 0.322 e. The molecule has 0 N–H and O–H groups in total. The minimum absolute atomic E-state index is 0.101. The number of hydrogen-bond acceptors (Lipinski definition) is 3. The standard InChI is InChI=1S/C9H17NO2/c1-7(9(11)12-3)10(2)6-8-4-5-8/h7-8H,4-6H2,1-3H3. The second-order valence-corrected chi connectivity index (χ2v) is 3.58. The quantitative estimate of drug-likeness (QED) is 0.588. The smallest absolute Gasteiger partial charge is 0.322 e. The zero-order valence-corrected chi connectivity index (χ0v) is 8.04. The zero-order chi connectivity index (χ0) is 9.14. The largest absolute Gasteiger partial charge is 0.468 e. The highest BCUT2D eigenvalue weighted by molar-refractivity contribution is 5.75. The Balaban J connectivity index is 2.28. The number of esters is 1. The van der Waals surface area contributed by atoms with Gasteiger partial charge >= 0.3 is 5.97 Å². The topological polar surface area (TPSA) is 29.5 Å². The summed E-state index contributed by atoms with van der Waals surface area (Å²) in [5.41, 5.74) is 0. The Hall–Kier alpha value is -0.570. The Bertz CT molecular complexity index is 166. The van der Waals surface area contributed by atoms with E-state index in [1.54, 1.807) is 0 Å². The molecule has 0 bridgehead atoms. The zero-order valence-electron chi connectivity index (χ0n) is 8.04. The third kappa shape index (κ3) is 2.48. The Labute approximate surface area is 73.7 Å². The van der Waals surface area contributed by atoms with E-state index < -0.39 is 0 Å². The van der Waals surface area contributed by atoms with Crippen LogP contribution in [0.25, 0.3) is 0 Å². The van der Waals surface area contributed by atoms with Gasteiger partial charge in [0, 0.05) is 6.54 Å². The van der Waals surface area contributed by atoms with E-state index in [4.69, 9.17) is 0 Å². The van der Waals surface area contributed by atoms with Crippen LogP contribution in [0.3, 0.4) is 0 Å². The predicted octanol–water partition coefficient (Wildman–Crippen LogP) is 0.890. The van der Waals surface area contributed by atoms with Crippen molar-refractivity contribution in [2.24, 2.45) is 5.92 Å². The lowest BCUT2D eigenvalue weighted by atomic mass is 10.3. The van der Waals surface area contributed by atoms with Crippen LogP contribution in [0.4, 0.5) is 0 Å². The summed E-state index contributed by atoms with van der Waals surface area (Å²) in [7, 11) is 3.41. The molecule has 0 saturated heterocycles. The van der Waals surface area contributed by atoms with Crippen LogP contribution < -0.4 is 0 Å². The molecule has 1 aliphatic carbocycles. The average Bonchev–Trinajstić information content (AvgIpc) is 2.85. The third-order valence-electron chi connectivity index (χ3n) is 2.45. The Kier molecular flexibility index (Phi) is 3.09. The Morgan fingerprint density at radius 1 is 1.67 bits per heavy atom. The summed E-state index contributed by atoms with van der Waals surface area (Å²) in [6.45, 7) is 2.91. The van der Waals surface area contributed by atoms with E-state index in [1.165, 1.54) is 20.0 Å². The van der Waals surface area contributed by atoms with Gasteiger partial charge in [0.2, 0.25) is 0 Å². The van der Waals surface area contributed by atoms with Gasteiger partial charge in [0.05, 0.1) is 7.11 Å². The SMILES string of the molecule is COC(=O)C(C)N(C)CC1CC1. The van der Waals surface area contributed by atoms with E-state index in [-0.39, 0.29) is 12.0 Å². The van der Waals surface area contributed by atoms with Gasteiger partial charge in [-0.15, -0.1) is 0 Å². The van der Waals surface area contributed by atoms with Gasteiger partial charge in [-0.2, -0.15) is 0 Å². The van der Waals surface area contributed by atoms with Crippen molar-refractivity contribution in [3.05, 3.63) is 0 Å². The van der Waals surface area contributed by atoms with E-state index in [0.29, 0.717) is 0 Å². The fraction of sp³-hybridized carbons (Fsp3) is 0.889. The van der Waals surface area contributed by atoms with Crippen LogP contribution in [-0.2, 0) is 9.53 Å². The van der Waals surface area contributed by atoms with Gasteiger partial charge in [0.25, 0.3) is 0 Å². The number of likely N-dealkylation sites (N-methyl/N-ethyl adjacent to an activating group) is 1. The number of carbonyl (C=O) groups excluding carboxylic acids is 1. The molecule has 1 unspecified atom stereocenters. The van der Waals surface area contributed by atoms with Gasteiger partial charge in [-0.1, -0.05) is 0 Å². The molecule has 1 aliphatic rings. The molecule has 0 aromatic heterocycles. The van der Waals surface area contributed by atoms with Crippen molar-refractivity contribution in [3.8, 4) is 0 Å². The molecule has 0 aliphatic heterocycles. The molecule has 1 atom stereocenters. The lowest BCUT2D eigenvalue weighted by Crippen LogP contribution is -2.37. The van der Waals surface area contributed by atoms with Crippen molar-refractivity contribution in [1.82, 2.24) is 4.90 Å². The maximum atomic E-state index is 11.1. The van der Waals surface area contributed by atoms with E-state index in [9.17, 15) is 4.79 Å². The third-order valence-corrected chi connectivity index (χ3v) is 2.45. The predicted molar refractivity (Wildman–Crippen MR) is 46.8 cm³/mol. The Morgan fingerprint density at radius 3 is 2.67 bits per heavy atom. The van der Waals surface area contributed by atoms with Gasteiger partial charge in [0.1, 0.15) is 6.04 Å². The first kappa shape index (κ1) is 9.52. The number of carbonyl (C=O) groups is 1. The van der Waals surface area contributed by atoms with Crippen LogP contribution >= 0.6 is 0 Å². The van der Waals surface area contributed by atoms with Crippen LogP contribution in [0.15, 0.2) is 0 Å². The van der Waals surface area contributed by atoms with Gasteiger partial charge in [-0.25, -0.2) is 0 Å². The van der Waals surface area contributed by atoms with Gasteiger partial charge < -0.3 is 4.74 Å². The van der Waals surface area contributed by atoms with Crippen LogP contribution in [0.1, 0.15) is 19.8 Å². The summed E-state index contributed by atoms with van der Waals surface area (Å²) in [5.74, 6) is 0.681. The monoisotopic (exact) mass is 171 g/mol. The molecule has 0 heterocycles. The molecule has 0 spiro atoms. The molecule has 70 valence electrons. The highest BCUT2D eigenvalue weighted by atomic mass is 16.5. The molecule has 0 aromatic rings. The molecular weight excluding hydrogens is 154 g/mol. The molecular formula is C9H17NO2. The Morgan fingerprint density at radius 2 is 2.25 bits per heavy atom. The fourth-order valence-electron chi connectivity index (χ4n) is 1.22. The summed E-state index contributed by atoms with van der Waals surface area (Å²) in [4.78, 5) is 13.2. The molecule has 0 aromatic carbocycles. The van der Waals surface area contributed by atoms with E-state index in [2.05, 4.69) is 9.64 Å². The first-order chi connectivity index (χ1) is 5.65. The highest BCUT2D eigenvalue weighted by Crippen LogP contribution is 2.29. The van der Waals surface area contributed by atoms with E-state index in [1.807, 2.05) is 14.0 Å². The molecule has 1 rings (SSSR count). The summed E-state index contributed by atoms with van der Waals surface area (Å²) in [6, 6.07) is -0.101. The average molecular weight is 171 g/mol. The second kappa shape index (κ2) is 3.90. The molecule has 1 fully saturated rings. The molecule has 3 heteroatoms. The van der Waals surface area contributed by atoms with Crippen LogP contribution in [0.2, 0.25) is 0 Å². The number of rotatable bonds is 4. The van der Waals surface area contributed by atoms with Crippen molar-refractivity contribution >= 4 is 5.97 Å². The van der Waals surface area contributed by atoms with Crippen molar-refractivity contribution in [2.75, 3.05) is 20.7 Å². The van der Waals surface area contributed by atoms with E-state index in [0.717, 1.165) is 12.5 Å². The van der Waals surface area contributed by atoms with E-state index >= 15 is 0 Å². The van der Waals surface area contributed by atoms with Crippen molar-refractivity contribution in [3.63, 3.8) is 0 Å². The van der Waals surface area contributed by atoms with Gasteiger partial charge in [-0.05, 0) is 32.7 Å². The van der Waals surface area contributed by atoms with Crippen molar-refractivity contribution in [2.45, 2.75) is 25.8 Å². The minimum Gasteiger partial charge on any atom is -0.468 e. The van der Waals surface area contributed by atoms with Crippen molar-refractivity contribution < 1.29 is 9.53 Å². The first-order valence-electron chi connectivity index (χ1n) is 4.43. The van der Waals surface area contributed by atoms with Crippen molar-refractivity contribution in [1.29, 1.82) is 0 Å². The molecule has 1 saturated carbocycles. The molecule has 3 nitrogen and oxygen atoms in total.